The first-order valence-electron chi connectivity index (χ1n) is 24.0. The molecule has 0 spiro atoms. The van der Waals surface area contributed by atoms with Gasteiger partial charge in [-0.3, -0.25) is 0 Å². The van der Waals surface area contributed by atoms with Crippen molar-refractivity contribution in [2.24, 2.45) is 0 Å². The van der Waals surface area contributed by atoms with E-state index in [0.717, 1.165) is 0 Å². The van der Waals surface area contributed by atoms with E-state index in [2.05, 4.69) is 43.0 Å². The molecule has 1 heterocycles. The fraction of sp³-hybridized carbons (Fsp3) is 0.958. The normalized spacial score (nSPS) is 14.5. The highest BCUT2D eigenvalue weighted by molar-refractivity contribution is 4.97. The topological polar surface area (TPSA) is 6.48 Å². The standard InChI is InChI=1S/C48H96N2/c1-4-7-10-13-16-19-21-23-25-27-29-31-33-36-39-42-45-50-47-46-49(48(50)43-40-37-34-18-15-12-9-6-3)44-41-38-35-32-30-28-26-24-22-20-17-14-11-8-5-2/h46-48H,4-45H2,1-3H3. The zero-order valence-corrected chi connectivity index (χ0v) is 35.3. The molecule has 1 aliphatic rings. The summed E-state index contributed by atoms with van der Waals surface area (Å²) < 4.78 is 0. The second-order valence-corrected chi connectivity index (χ2v) is 16.8. The highest BCUT2D eigenvalue weighted by Gasteiger charge is 2.24. The van der Waals surface area contributed by atoms with Crippen LogP contribution in [0.25, 0.3) is 0 Å². The Morgan fingerprint density at radius 3 is 0.700 bits per heavy atom. The predicted octanol–water partition coefficient (Wildman–Crippen LogP) is 17.1. The molecule has 0 radical (unpaired) electrons. The van der Waals surface area contributed by atoms with Gasteiger partial charge in [0.15, 0.2) is 0 Å². The van der Waals surface area contributed by atoms with E-state index in [0.29, 0.717) is 6.17 Å². The van der Waals surface area contributed by atoms with Gasteiger partial charge in [-0.15, -0.1) is 0 Å². The molecular weight excluding hydrogens is 605 g/mol. The lowest BCUT2D eigenvalue weighted by Crippen LogP contribution is -2.39. The fourth-order valence-corrected chi connectivity index (χ4v) is 8.31. The minimum absolute atomic E-state index is 0.637. The van der Waals surface area contributed by atoms with Crippen molar-refractivity contribution in [3.05, 3.63) is 12.4 Å². The fourth-order valence-electron chi connectivity index (χ4n) is 8.31. The van der Waals surface area contributed by atoms with E-state index in [-0.39, 0.29) is 0 Å². The van der Waals surface area contributed by atoms with Crippen LogP contribution in [0.15, 0.2) is 12.4 Å². The quantitative estimate of drug-likeness (QED) is 0.0585. The Hall–Kier alpha value is -0.660. The van der Waals surface area contributed by atoms with Crippen LogP contribution in [0.4, 0.5) is 0 Å². The molecule has 0 aromatic rings. The van der Waals surface area contributed by atoms with Crippen LogP contribution in [-0.4, -0.2) is 29.1 Å². The Morgan fingerprint density at radius 1 is 0.260 bits per heavy atom. The van der Waals surface area contributed by atoms with Crippen LogP contribution in [0, 0.1) is 0 Å². The minimum Gasteiger partial charge on any atom is -0.356 e. The summed E-state index contributed by atoms with van der Waals surface area (Å²) in [7, 11) is 0. The molecule has 2 nitrogen and oxygen atoms in total. The van der Waals surface area contributed by atoms with E-state index in [1.54, 1.807) is 0 Å². The smallest absolute Gasteiger partial charge is 0.101 e. The summed E-state index contributed by atoms with van der Waals surface area (Å²) in [6.45, 7) is 9.49. The van der Waals surface area contributed by atoms with Gasteiger partial charge in [0.2, 0.25) is 0 Å². The van der Waals surface area contributed by atoms with Gasteiger partial charge in [0.1, 0.15) is 6.17 Å². The van der Waals surface area contributed by atoms with Gasteiger partial charge in [-0.25, -0.2) is 0 Å². The van der Waals surface area contributed by atoms with E-state index >= 15 is 0 Å². The van der Waals surface area contributed by atoms with Crippen LogP contribution in [-0.2, 0) is 0 Å². The van der Waals surface area contributed by atoms with Gasteiger partial charge >= 0.3 is 0 Å². The molecule has 0 aromatic carbocycles. The van der Waals surface area contributed by atoms with E-state index in [9.17, 15) is 0 Å². The average molecular weight is 701 g/mol. The Bertz CT molecular complexity index is 659. The maximum Gasteiger partial charge on any atom is 0.101 e. The number of unbranched alkanes of at least 4 members (excludes halogenated alkanes) is 36. The highest BCUT2D eigenvalue weighted by atomic mass is 15.4. The molecule has 1 atom stereocenters. The molecule has 0 N–H and O–H groups in total. The zero-order valence-electron chi connectivity index (χ0n) is 35.3. The summed E-state index contributed by atoms with van der Waals surface area (Å²) in [4.78, 5) is 5.46. The molecule has 1 unspecified atom stereocenters. The van der Waals surface area contributed by atoms with E-state index < -0.39 is 0 Å². The minimum atomic E-state index is 0.637. The molecule has 1 rings (SSSR count). The van der Waals surface area contributed by atoms with Crippen molar-refractivity contribution in [2.45, 2.75) is 284 Å². The zero-order chi connectivity index (χ0) is 35.8. The number of nitrogens with zero attached hydrogens (tertiary/aromatic N) is 2. The SMILES string of the molecule is CCCCCCCCCCCCCCCCCCN1C=CN(CCCCCCCCCCCCCCCCC)C1CCCCCCCCCC. The number of hydrogen-bond donors (Lipinski definition) is 0. The Morgan fingerprint density at radius 2 is 0.460 bits per heavy atom. The first-order chi connectivity index (χ1) is 24.8. The summed E-state index contributed by atoms with van der Waals surface area (Å²) in [5.41, 5.74) is 0. The van der Waals surface area contributed by atoms with Crippen molar-refractivity contribution < 1.29 is 0 Å². The summed E-state index contributed by atoms with van der Waals surface area (Å²) in [6.07, 6.45) is 63.4. The van der Waals surface area contributed by atoms with Crippen LogP contribution in [0.1, 0.15) is 278 Å². The third kappa shape index (κ3) is 30.9. The maximum absolute atomic E-state index is 2.73. The Balaban J connectivity index is 2.14. The van der Waals surface area contributed by atoms with Crippen molar-refractivity contribution >= 4 is 0 Å². The molecule has 298 valence electrons. The third-order valence-corrected chi connectivity index (χ3v) is 11.8. The molecule has 0 saturated heterocycles. The third-order valence-electron chi connectivity index (χ3n) is 11.8. The Kier molecular flexibility index (Phi) is 37.5. The Labute approximate surface area is 318 Å². The van der Waals surface area contributed by atoms with Crippen molar-refractivity contribution in [3.63, 3.8) is 0 Å². The number of rotatable bonds is 42. The molecular formula is C48H96N2. The van der Waals surface area contributed by atoms with Gasteiger partial charge in [0.05, 0.1) is 0 Å². The van der Waals surface area contributed by atoms with E-state index in [1.807, 2.05) is 0 Å². The van der Waals surface area contributed by atoms with Crippen LogP contribution in [0.3, 0.4) is 0 Å². The van der Waals surface area contributed by atoms with Crippen molar-refractivity contribution in [3.8, 4) is 0 Å². The van der Waals surface area contributed by atoms with Crippen LogP contribution in [0.5, 0.6) is 0 Å². The molecule has 0 aliphatic carbocycles. The molecule has 0 bridgehead atoms. The van der Waals surface area contributed by atoms with Crippen molar-refractivity contribution in [1.29, 1.82) is 0 Å². The van der Waals surface area contributed by atoms with Crippen LogP contribution in [0.2, 0.25) is 0 Å². The number of hydrogen-bond acceptors (Lipinski definition) is 2. The first-order valence-corrected chi connectivity index (χ1v) is 24.0. The summed E-state index contributed by atoms with van der Waals surface area (Å²) in [6, 6.07) is 0. The lowest BCUT2D eigenvalue weighted by molar-refractivity contribution is 0.135. The summed E-state index contributed by atoms with van der Waals surface area (Å²) in [5, 5.41) is 0. The van der Waals surface area contributed by atoms with Crippen LogP contribution < -0.4 is 0 Å². The van der Waals surface area contributed by atoms with Crippen LogP contribution >= 0.6 is 0 Å². The summed E-state index contributed by atoms with van der Waals surface area (Å²) in [5.74, 6) is 0. The lowest BCUT2D eigenvalue weighted by atomic mass is 10.0. The maximum atomic E-state index is 2.73. The van der Waals surface area contributed by atoms with Gasteiger partial charge in [-0.1, -0.05) is 252 Å². The van der Waals surface area contributed by atoms with Crippen molar-refractivity contribution in [2.75, 3.05) is 13.1 Å². The van der Waals surface area contributed by atoms with Gasteiger partial charge in [0, 0.05) is 25.5 Å². The largest absolute Gasteiger partial charge is 0.356 e. The highest BCUT2D eigenvalue weighted by Crippen LogP contribution is 2.24. The van der Waals surface area contributed by atoms with Gasteiger partial charge in [-0.05, 0) is 25.7 Å². The molecule has 0 aromatic heterocycles. The molecule has 0 fully saturated rings. The van der Waals surface area contributed by atoms with E-state index in [4.69, 9.17) is 0 Å². The van der Waals surface area contributed by atoms with Gasteiger partial charge < -0.3 is 9.80 Å². The predicted molar refractivity (Wildman–Crippen MR) is 228 cm³/mol. The summed E-state index contributed by atoms with van der Waals surface area (Å²) >= 11 is 0. The molecule has 1 aliphatic heterocycles. The molecule has 2 heteroatoms. The molecule has 0 saturated carbocycles. The van der Waals surface area contributed by atoms with Gasteiger partial charge in [-0.2, -0.15) is 0 Å². The second kappa shape index (κ2) is 39.5. The first kappa shape index (κ1) is 47.4. The monoisotopic (exact) mass is 701 g/mol. The lowest BCUT2D eigenvalue weighted by Gasteiger charge is -2.33. The molecule has 50 heavy (non-hydrogen) atoms. The van der Waals surface area contributed by atoms with E-state index in [1.165, 1.54) is 270 Å². The van der Waals surface area contributed by atoms with Crippen molar-refractivity contribution in [1.82, 2.24) is 9.80 Å². The van der Waals surface area contributed by atoms with Gasteiger partial charge in [0.25, 0.3) is 0 Å². The average Bonchev–Trinajstić information content (AvgIpc) is 3.51. The second-order valence-electron chi connectivity index (χ2n) is 16.8. The molecule has 0 amide bonds.